The molecule has 2 aromatic rings. The van der Waals surface area contributed by atoms with E-state index < -0.39 is 5.97 Å². The van der Waals surface area contributed by atoms with Crippen molar-refractivity contribution >= 4 is 5.97 Å². The van der Waals surface area contributed by atoms with Gasteiger partial charge in [0.2, 0.25) is 0 Å². The Morgan fingerprint density at radius 3 is 2.79 bits per heavy atom. The number of ether oxygens (including phenoxy) is 1. The van der Waals surface area contributed by atoms with Gasteiger partial charge in [-0.1, -0.05) is 18.2 Å². The maximum Gasteiger partial charge on any atom is 0.339 e. The average Bonchev–Trinajstić information content (AvgIpc) is 2.37. The summed E-state index contributed by atoms with van der Waals surface area (Å²) in [6.45, 7) is 1.53. The molecule has 0 spiro atoms. The first-order chi connectivity index (χ1) is 9.08. The van der Waals surface area contributed by atoms with E-state index in [1.54, 1.807) is 25.1 Å². The van der Waals surface area contributed by atoms with Crippen LogP contribution < -0.4 is 4.74 Å². The maximum atomic E-state index is 13.3. The van der Waals surface area contributed by atoms with Crippen molar-refractivity contribution in [1.29, 1.82) is 0 Å². The molecule has 0 saturated carbocycles. The third-order valence-corrected chi connectivity index (χ3v) is 2.50. The minimum atomic E-state index is -1.10. The van der Waals surface area contributed by atoms with Gasteiger partial charge in [-0.15, -0.1) is 0 Å². The molecule has 1 aromatic carbocycles. The van der Waals surface area contributed by atoms with Crippen molar-refractivity contribution in [2.45, 2.75) is 13.5 Å². The van der Waals surface area contributed by atoms with E-state index in [0.717, 1.165) is 0 Å². The molecular weight excluding hydrogens is 251 g/mol. The SMILES string of the molecule is Cc1nc(OCc2ccccc2F)ncc1C(=O)O. The highest BCUT2D eigenvalue weighted by atomic mass is 19.1. The van der Waals surface area contributed by atoms with Gasteiger partial charge < -0.3 is 9.84 Å². The standard InChI is InChI=1S/C13H11FN2O3/c1-8-10(12(17)18)6-15-13(16-8)19-7-9-4-2-3-5-11(9)14/h2-6H,7H2,1H3,(H,17,18). The van der Waals surface area contributed by atoms with E-state index >= 15 is 0 Å². The molecule has 2 rings (SSSR count). The average molecular weight is 262 g/mol. The fourth-order valence-electron chi connectivity index (χ4n) is 1.48. The smallest absolute Gasteiger partial charge is 0.339 e. The van der Waals surface area contributed by atoms with Crippen LogP contribution in [-0.2, 0) is 6.61 Å². The van der Waals surface area contributed by atoms with E-state index in [2.05, 4.69) is 9.97 Å². The largest absolute Gasteiger partial charge is 0.478 e. The van der Waals surface area contributed by atoms with Crippen LogP contribution in [0.3, 0.4) is 0 Å². The second-order valence-electron chi connectivity index (χ2n) is 3.84. The summed E-state index contributed by atoms with van der Waals surface area (Å²) < 4.78 is 18.6. The van der Waals surface area contributed by atoms with Crippen LogP contribution in [0, 0.1) is 12.7 Å². The number of hydrogen-bond donors (Lipinski definition) is 1. The van der Waals surface area contributed by atoms with Crippen LogP contribution in [0.5, 0.6) is 6.01 Å². The summed E-state index contributed by atoms with van der Waals surface area (Å²) in [7, 11) is 0. The van der Waals surface area contributed by atoms with E-state index in [-0.39, 0.29) is 24.0 Å². The minimum Gasteiger partial charge on any atom is -0.478 e. The third-order valence-electron chi connectivity index (χ3n) is 2.50. The second-order valence-corrected chi connectivity index (χ2v) is 3.84. The molecule has 0 unspecified atom stereocenters. The lowest BCUT2D eigenvalue weighted by atomic mass is 10.2. The normalized spacial score (nSPS) is 10.2. The summed E-state index contributed by atoms with van der Waals surface area (Å²) in [5.74, 6) is -1.47. The fourth-order valence-corrected chi connectivity index (χ4v) is 1.48. The summed E-state index contributed by atoms with van der Waals surface area (Å²) in [6.07, 6.45) is 1.17. The minimum absolute atomic E-state index is 0.0123. The van der Waals surface area contributed by atoms with Gasteiger partial charge in [0.05, 0.1) is 11.3 Å². The Balaban J connectivity index is 2.11. The number of carbonyl (C=O) groups is 1. The van der Waals surface area contributed by atoms with Gasteiger partial charge in [-0.3, -0.25) is 0 Å². The second kappa shape index (κ2) is 5.43. The molecule has 0 fully saturated rings. The van der Waals surface area contributed by atoms with Gasteiger partial charge in [0.25, 0.3) is 0 Å². The van der Waals surface area contributed by atoms with Crippen molar-refractivity contribution in [2.24, 2.45) is 0 Å². The number of nitrogens with zero attached hydrogens (tertiary/aromatic N) is 2. The predicted octanol–water partition coefficient (Wildman–Crippen LogP) is 2.20. The molecule has 0 aliphatic heterocycles. The zero-order valence-electron chi connectivity index (χ0n) is 10.1. The number of aromatic carboxylic acids is 1. The zero-order chi connectivity index (χ0) is 13.8. The molecule has 19 heavy (non-hydrogen) atoms. The molecule has 1 N–H and O–H groups in total. The van der Waals surface area contributed by atoms with E-state index in [1.165, 1.54) is 12.3 Å². The van der Waals surface area contributed by atoms with Crippen molar-refractivity contribution in [1.82, 2.24) is 9.97 Å². The van der Waals surface area contributed by atoms with Crippen LogP contribution in [0.4, 0.5) is 4.39 Å². The summed E-state index contributed by atoms with van der Waals surface area (Å²) in [4.78, 5) is 18.5. The van der Waals surface area contributed by atoms with Crippen LogP contribution in [0.1, 0.15) is 21.6 Å². The summed E-state index contributed by atoms with van der Waals surface area (Å²) in [5.41, 5.74) is 0.690. The van der Waals surface area contributed by atoms with Crippen molar-refractivity contribution in [3.8, 4) is 6.01 Å². The summed E-state index contributed by atoms with van der Waals surface area (Å²) >= 11 is 0. The molecule has 0 saturated heterocycles. The van der Waals surface area contributed by atoms with E-state index in [9.17, 15) is 9.18 Å². The number of aromatic nitrogens is 2. The molecule has 0 bridgehead atoms. The topological polar surface area (TPSA) is 72.3 Å². The number of carboxylic acids is 1. The quantitative estimate of drug-likeness (QED) is 0.914. The highest BCUT2D eigenvalue weighted by Gasteiger charge is 2.11. The maximum absolute atomic E-state index is 13.3. The van der Waals surface area contributed by atoms with Gasteiger partial charge >= 0.3 is 12.0 Å². The number of aryl methyl sites for hydroxylation is 1. The van der Waals surface area contributed by atoms with Gasteiger partial charge in [-0.2, -0.15) is 4.98 Å². The number of hydrogen-bond acceptors (Lipinski definition) is 4. The zero-order valence-corrected chi connectivity index (χ0v) is 10.1. The van der Waals surface area contributed by atoms with Crippen LogP contribution in [0.2, 0.25) is 0 Å². The lowest BCUT2D eigenvalue weighted by molar-refractivity contribution is 0.0695. The Kier molecular flexibility index (Phi) is 3.70. The van der Waals surface area contributed by atoms with Crippen molar-refractivity contribution in [3.63, 3.8) is 0 Å². The monoisotopic (exact) mass is 262 g/mol. The first-order valence-corrected chi connectivity index (χ1v) is 5.51. The van der Waals surface area contributed by atoms with Gasteiger partial charge in [0.1, 0.15) is 12.4 Å². The lowest BCUT2D eigenvalue weighted by Gasteiger charge is -2.06. The molecule has 5 nitrogen and oxygen atoms in total. The summed E-state index contributed by atoms with van der Waals surface area (Å²) in [6, 6.07) is 6.22. The Bertz CT molecular complexity index is 617. The number of halogens is 1. The third kappa shape index (κ3) is 3.04. The van der Waals surface area contributed by atoms with E-state index in [4.69, 9.17) is 9.84 Å². The number of rotatable bonds is 4. The van der Waals surface area contributed by atoms with Crippen molar-refractivity contribution < 1.29 is 19.0 Å². The fraction of sp³-hybridized carbons (Fsp3) is 0.154. The lowest BCUT2D eigenvalue weighted by Crippen LogP contribution is -2.06. The van der Waals surface area contributed by atoms with Crippen LogP contribution in [0.25, 0.3) is 0 Å². The van der Waals surface area contributed by atoms with E-state index in [1.807, 2.05) is 0 Å². The molecule has 0 atom stereocenters. The number of benzene rings is 1. The molecule has 98 valence electrons. The molecule has 0 radical (unpaired) electrons. The molecule has 0 amide bonds. The van der Waals surface area contributed by atoms with Gasteiger partial charge in [-0.05, 0) is 13.0 Å². The molecule has 6 heteroatoms. The first kappa shape index (κ1) is 12.9. The van der Waals surface area contributed by atoms with E-state index in [0.29, 0.717) is 11.3 Å². The Morgan fingerprint density at radius 1 is 1.42 bits per heavy atom. The molecule has 1 aromatic heterocycles. The predicted molar refractivity (Wildman–Crippen MR) is 64.5 cm³/mol. The number of carboxylic acid groups (broad SMARTS) is 1. The van der Waals surface area contributed by atoms with Gasteiger partial charge in [0, 0.05) is 11.8 Å². The Labute approximate surface area is 108 Å². The molecule has 0 aliphatic carbocycles. The van der Waals surface area contributed by atoms with Crippen LogP contribution in [0.15, 0.2) is 30.5 Å². The Hall–Kier alpha value is -2.50. The van der Waals surface area contributed by atoms with Crippen LogP contribution in [-0.4, -0.2) is 21.0 Å². The van der Waals surface area contributed by atoms with Gasteiger partial charge in [0.15, 0.2) is 0 Å². The Morgan fingerprint density at radius 2 is 2.16 bits per heavy atom. The molecular formula is C13H11FN2O3. The van der Waals surface area contributed by atoms with Crippen molar-refractivity contribution in [2.75, 3.05) is 0 Å². The highest BCUT2D eigenvalue weighted by Crippen LogP contribution is 2.12. The van der Waals surface area contributed by atoms with Crippen LogP contribution >= 0.6 is 0 Å². The van der Waals surface area contributed by atoms with Crippen molar-refractivity contribution in [3.05, 3.63) is 53.1 Å². The molecule has 1 heterocycles. The first-order valence-electron chi connectivity index (χ1n) is 5.51. The highest BCUT2D eigenvalue weighted by molar-refractivity contribution is 5.88. The summed E-state index contributed by atoms with van der Waals surface area (Å²) in [5, 5.41) is 8.83. The molecule has 0 aliphatic rings. The van der Waals surface area contributed by atoms with Gasteiger partial charge in [-0.25, -0.2) is 14.2 Å².